The highest BCUT2D eigenvalue weighted by atomic mass is 14.4. The molecule has 0 radical (unpaired) electrons. The van der Waals surface area contributed by atoms with Gasteiger partial charge in [-0.1, -0.05) is 339 Å². The van der Waals surface area contributed by atoms with E-state index in [2.05, 4.69) is 159 Å². The summed E-state index contributed by atoms with van der Waals surface area (Å²) < 4.78 is 0. The van der Waals surface area contributed by atoms with Gasteiger partial charge in [-0.15, -0.1) is 0 Å². The van der Waals surface area contributed by atoms with Gasteiger partial charge in [0.15, 0.2) is 0 Å². The van der Waals surface area contributed by atoms with E-state index in [0.29, 0.717) is 16.2 Å². The minimum Gasteiger partial charge on any atom is -0.0654 e. The van der Waals surface area contributed by atoms with Crippen molar-refractivity contribution in [1.82, 2.24) is 0 Å². The van der Waals surface area contributed by atoms with Crippen LogP contribution in [0.3, 0.4) is 0 Å². The summed E-state index contributed by atoms with van der Waals surface area (Å²) in [6.45, 7) is 54.3. The van der Waals surface area contributed by atoms with Crippen molar-refractivity contribution < 1.29 is 0 Å². The maximum atomic E-state index is 2.42. The average Bonchev–Trinajstić information content (AvgIpc) is 4.24. The molecule has 0 aromatic rings. The standard InChI is InChI=1S/9C8H16.C7H14/c1-6-4-7(2)8(3)5-6;1-7-4-5-8(2,3)6-7;2*1-7-5-4-6-8(7,2)3;1-6-4-5-7(2)8(6)3;1-7(2)8-5-3-4-6-8;2*1-3-8(2)6-4-5-7-8;1-2-5-8-6-3-4-7-8;1-2-7-5-3-4-6-7/h6-8H,4-5H2,1-3H3;3*7H,4-6H2,1-3H3;6-8H,4-5H2,1-3H3;7-8H,3-6H2,1-2H3;2*3-7H2,1-2H3;8H,2-7H2,1H3;7H,2-6H2,1H3/t;2*7-;;;;;;;/m.00......./s1. The summed E-state index contributed by atoms with van der Waals surface area (Å²) in [4.78, 5) is 0. The van der Waals surface area contributed by atoms with E-state index in [4.69, 9.17) is 0 Å². The predicted octanol–water partition coefficient (Wildman–Crippen LogP) is 28.2. The van der Waals surface area contributed by atoms with Gasteiger partial charge in [-0.05, 0) is 168 Å². The zero-order valence-electron chi connectivity index (χ0n) is 59.9. The van der Waals surface area contributed by atoms with Crippen molar-refractivity contribution in [2.75, 3.05) is 0 Å². The molecule has 0 amide bonds. The molecule has 10 saturated carbocycles. The molecule has 0 saturated heterocycles. The van der Waals surface area contributed by atoms with E-state index >= 15 is 0 Å². The van der Waals surface area contributed by atoms with Gasteiger partial charge in [-0.3, -0.25) is 0 Å². The van der Waals surface area contributed by atoms with Crippen molar-refractivity contribution in [2.45, 2.75) is 403 Å². The second-order valence-corrected chi connectivity index (χ2v) is 34.0. The fourth-order valence-corrected chi connectivity index (χ4v) is 16.1. The Morgan fingerprint density at radius 3 is 0.911 bits per heavy atom. The second-order valence-electron chi connectivity index (χ2n) is 34.0. The highest BCUT2D eigenvalue weighted by Crippen LogP contribution is 2.44. The summed E-state index contributed by atoms with van der Waals surface area (Å²) in [6.07, 6.45) is 55.8. The molecule has 5 unspecified atom stereocenters. The zero-order chi connectivity index (χ0) is 59.9. The van der Waals surface area contributed by atoms with Gasteiger partial charge >= 0.3 is 0 Å². The lowest BCUT2D eigenvalue weighted by Crippen LogP contribution is -2.13. The summed E-state index contributed by atoms with van der Waals surface area (Å²) in [5.41, 5.74) is 3.44. The summed E-state index contributed by atoms with van der Waals surface area (Å²) in [7, 11) is 0. The lowest BCUT2D eigenvalue weighted by atomic mass is 9.83. The van der Waals surface area contributed by atoms with Gasteiger partial charge in [0.1, 0.15) is 0 Å². The van der Waals surface area contributed by atoms with E-state index in [0.717, 1.165) is 87.8 Å². The highest BCUT2D eigenvalue weighted by Gasteiger charge is 2.32. The first-order chi connectivity index (χ1) is 37.0. The van der Waals surface area contributed by atoms with E-state index in [9.17, 15) is 0 Å². The molecule has 10 aliphatic rings. The first kappa shape index (κ1) is 77.0. The van der Waals surface area contributed by atoms with Gasteiger partial charge in [0.25, 0.3) is 0 Å². The third kappa shape index (κ3) is 33.5. The lowest BCUT2D eigenvalue weighted by molar-refractivity contribution is 0.281. The molecule has 0 N–H and O–H groups in total. The highest BCUT2D eigenvalue weighted by molar-refractivity contribution is 4.84. The molecule has 0 spiro atoms. The van der Waals surface area contributed by atoms with Gasteiger partial charge in [-0.2, -0.15) is 0 Å². The van der Waals surface area contributed by atoms with Crippen molar-refractivity contribution >= 4 is 0 Å². The van der Waals surface area contributed by atoms with Crippen LogP contribution in [-0.4, -0.2) is 0 Å². The Labute approximate surface area is 504 Å². The van der Waals surface area contributed by atoms with E-state index in [-0.39, 0.29) is 0 Å². The fraction of sp³-hybridized carbons (Fsp3) is 1.00. The first-order valence-corrected chi connectivity index (χ1v) is 37.0. The monoisotopic (exact) mass is 1110 g/mol. The molecule has 7 atom stereocenters. The molecule has 0 aliphatic heterocycles. The van der Waals surface area contributed by atoms with Crippen molar-refractivity contribution in [2.24, 2.45) is 104 Å². The Hall–Kier alpha value is 0. The van der Waals surface area contributed by atoms with Crippen LogP contribution in [-0.2, 0) is 0 Å². The Bertz CT molecular complexity index is 1320. The Kier molecular flexibility index (Phi) is 39.4. The van der Waals surface area contributed by atoms with Crippen molar-refractivity contribution in [3.63, 3.8) is 0 Å². The second kappa shape index (κ2) is 40.4. The molecule has 0 heterocycles. The molecule has 79 heavy (non-hydrogen) atoms. The van der Waals surface area contributed by atoms with Crippen LogP contribution in [0.25, 0.3) is 0 Å². The summed E-state index contributed by atoms with van der Waals surface area (Å²) >= 11 is 0. The molecule has 10 fully saturated rings. The molecule has 0 aromatic heterocycles. The van der Waals surface area contributed by atoms with E-state index < -0.39 is 0 Å². The topological polar surface area (TPSA) is 0 Å². The van der Waals surface area contributed by atoms with Crippen LogP contribution in [0.4, 0.5) is 0 Å². The van der Waals surface area contributed by atoms with Crippen LogP contribution in [0.2, 0.25) is 0 Å². The lowest BCUT2D eigenvalue weighted by Gasteiger charge is -2.22. The minimum absolute atomic E-state index is 0.653. The Morgan fingerprint density at radius 1 is 0.367 bits per heavy atom. The van der Waals surface area contributed by atoms with Gasteiger partial charge in [-0.25, -0.2) is 0 Å². The predicted molar refractivity (Wildman–Crippen MR) is 363 cm³/mol. The Balaban J connectivity index is 0.000000439. The van der Waals surface area contributed by atoms with Crippen LogP contribution < -0.4 is 0 Å². The van der Waals surface area contributed by atoms with E-state index in [1.807, 2.05) is 0 Å². The van der Waals surface area contributed by atoms with Crippen LogP contribution in [0.1, 0.15) is 403 Å². The largest absolute Gasteiger partial charge is 0.0654 e. The normalized spacial score (nSPS) is 32.4. The quantitative estimate of drug-likeness (QED) is 0.249. The molecule has 10 aliphatic carbocycles. The van der Waals surface area contributed by atoms with Crippen molar-refractivity contribution in [1.29, 1.82) is 0 Å². The number of hydrogen-bond donors (Lipinski definition) is 0. The van der Waals surface area contributed by atoms with Crippen LogP contribution >= 0.6 is 0 Å². The zero-order valence-corrected chi connectivity index (χ0v) is 59.9. The summed E-state index contributed by atoms with van der Waals surface area (Å²) in [5.74, 6) is 13.1. The molecule has 0 aromatic carbocycles. The van der Waals surface area contributed by atoms with Crippen LogP contribution in [0, 0.1) is 104 Å². The molecule has 0 heteroatoms. The third-order valence-corrected chi connectivity index (χ3v) is 25.1. The number of hydrogen-bond acceptors (Lipinski definition) is 0. The van der Waals surface area contributed by atoms with Gasteiger partial charge < -0.3 is 0 Å². The Morgan fingerprint density at radius 2 is 0.747 bits per heavy atom. The molecule has 474 valence electrons. The maximum Gasteiger partial charge on any atom is -0.0328 e. The van der Waals surface area contributed by atoms with Gasteiger partial charge in [0, 0.05) is 0 Å². The maximum absolute atomic E-state index is 2.42. The molecular weight excluding hydrogens is 949 g/mol. The molecule has 0 nitrogen and oxygen atoms in total. The molecule has 10 rings (SSSR count). The SMILES string of the molecule is CC(C)C1CCCC1.CC1CC(C)C(C)C1.CC1CCC(C)C1C.CC1CCCC1(C)C.CCC1(C)CCCC1.CCC1(C)CCCC1.CCC1CCCC1.CCCC1CCCC1.C[C@H]1CCC(C)(C)C1.C[C@H]1CCCC1(C)C. The van der Waals surface area contributed by atoms with Gasteiger partial charge in [0.05, 0.1) is 0 Å². The third-order valence-electron chi connectivity index (χ3n) is 25.1. The van der Waals surface area contributed by atoms with Gasteiger partial charge in [0.2, 0.25) is 0 Å². The first-order valence-electron chi connectivity index (χ1n) is 37.0. The van der Waals surface area contributed by atoms with Crippen LogP contribution in [0.15, 0.2) is 0 Å². The van der Waals surface area contributed by atoms with Crippen molar-refractivity contribution in [3.05, 3.63) is 0 Å². The van der Waals surface area contributed by atoms with Crippen LogP contribution in [0.5, 0.6) is 0 Å². The fourth-order valence-electron chi connectivity index (χ4n) is 16.1. The molecule has 0 bridgehead atoms. The summed E-state index contributed by atoms with van der Waals surface area (Å²) in [6, 6.07) is 0. The molecular formula is C79H158. The average molecular weight is 1110 g/mol. The van der Waals surface area contributed by atoms with E-state index in [1.54, 1.807) is 0 Å². The summed E-state index contributed by atoms with van der Waals surface area (Å²) in [5, 5.41) is 0. The van der Waals surface area contributed by atoms with Crippen molar-refractivity contribution in [3.8, 4) is 0 Å². The number of rotatable bonds is 6. The smallest absolute Gasteiger partial charge is 0.0328 e. The van der Waals surface area contributed by atoms with E-state index in [1.165, 1.54) is 244 Å². The minimum atomic E-state index is 0.653.